The molecule has 0 aromatic heterocycles. The van der Waals surface area contributed by atoms with E-state index in [0.717, 1.165) is 109 Å². The van der Waals surface area contributed by atoms with Gasteiger partial charge >= 0.3 is 17.9 Å². The minimum absolute atomic E-state index is 0.0873. The second-order valence-corrected chi connectivity index (χ2v) is 23.1. The van der Waals surface area contributed by atoms with E-state index in [1.807, 2.05) is 0 Å². The molecular formula is C75H130O6. The van der Waals surface area contributed by atoms with Crippen molar-refractivity contribution in [1.82, 2.24) is 0 Å². The number of hydrogen-bond donors (Lipinski definition) is 0. The Morgan fingerprint density at radius 2 is 0.481 bits per heavy atom. The lowest BCUT2D eigenvalue weighted by molar-refractivity contribution is -0.167. The van der Waals surface area contributed by atoms with E-state index < -0.39 is 6.10 Å². The number of carbonyl (C=O) groups excluding carboxylic acids is 3. The summed E-state index contributed by atoms with van der Waals surface area (Å²) in [5.41, 5.74) is 0. The zero-order chi connectivity index (χ0) is 58.5. The molecule has 0 fully saturated rings. The van der Waals surface area contributed by atoms with Gasteiger partial charge in [0, 0.05) is 19.3 Å². The Morgan fingerprint density at radius 3 is 0.753 bits per heavy atom. The summed E-state index contributed by atoms with van der Waals surface area (Å²) in [5.74, 6) is -0.918. The first kappa shape index (κ1) is 77.3. The molecule has 0 aliphatic heterocycles. The Morgan fingerprint density at radius 1 is 0.259 bits per heavy atom. The highest BCUT2D eigenvalue weighted by Gasteiger charge is 2.19. The molecule has 1 unspecified atom stereocenters. The summed E-state index contributed by atoms with van der Waals surface area (Å²) in [6.45, 7) is 6.53. The quantitative estimate of drug-likeness (QED) is 0.0261. The summed E-state index contributed by atoms with van der Waals surface area (Å²) in [6, 6.07) is 0. The normalized spacial score (nSPS) is 12.7. The summed E-state index contributed by atoms with van der Waals surface area (Å²) < 4.78 is 16.9. The first-order valence-corrected chi connectivity index (χ1v) is 34.7. The molecule has 1 atom stereocenters. The third kappa shape index (κ3) is 67.0. The SMILES string of the molecule is CC/C=C\C/C=C\C/C=C\C/C=C\C/C=C\C/C=C\C/C=C\C/C=C\CCCCC(=O)OCC(COC(=O)CCCCCCCCCCCCC)OC(=O)CCCCCCCCCCCCCCCCCCCCCCCCCCC. The highest BCUT2D eigenvalue weighted by molar-refractivity contribution is 5.71. The minimum atomic E-state index is -0.794. The van der Waals surface area contributed by atoms with Gasteiger partial charge in [-0.25, -0.2) is 0 Å². The zero-order valence-electron chi connectivity index (χ0n) is 53.5. The first-order chi connectivity index (χ1) is 40.0. The number of esters is 3. The van der Waals surface area contributed by atoms with Gasteiger partial charge in [-0.05, 0) is 83.5 Å². The maximum absolute atomic E-state index is 12.9. The van der Waals surface area contributed by atoms with Gasteiger partial charge in [-0.3, -0.25) is 14.4 Å². The fourth-order valence-corrected chi connectivity index (χ4v) is 9.93. The van der Waals surface area contributed by atoms with E-state index >= 15 is 0 Å². The largest absolute Gasteiger partial charge is 0.462 e. The fraction of sp³-hybridized carbons (Fsp3) is 0.747. The Labute approximate surface area is 502 Å². The zero-order valence-corrected chi connectivity index (χ0v) is 53.5. The van der Waals surface area contributed by atoms with Gasteiger partial charge in [0.15, 0.2) is 6.10 Å². The van der Waals surface area contributed by atoms with E-state index in [1.54, 1.807) is 0 Å². The van der Waals surface area contributed by atoms with Crippen LogP contribution in [0.4, 0.5) is 0 Å². The van der Waals surface area contributed by atoms with Gasteiger partial charge in [0.2, 0.25) is 0 Å². The van der Waals surface area contributed by atoms with E-state index in [4.69, 9.17) is 14.2 Å². The number of unbranched alkanes of at least 4 members (excludes halogenated alkanes) is 36. The second-order valence-electron chi connectivity index (χ2n) is 23.1. The van der Waals surface area contributed by atoms with Crippen LogP contribution < -0.4 is 0 Å². The number of hydrogen-bond acceptors (Lipinski definition) is 6. The van der Waals surface area contributed by atoms with Gasteiger partial charge in [0.1, 0.15) is 13.2 Å². The van der Waals surface area contributed by atoms with Crippen molar-refractivity contribution < 1.29 is 28.6 Å². The molecule has 0 aromatic rings. The summed E-state index contributed by atoms with van der Waals surface area (Å²) in [7, 11) is 0. The number of allylic oxidation sites excluding steroid dienone is 16. The number of rotatable bonds is 63. The fourth-order valence-electron chi connectivity index (χ4n) is 9.93. The third-order valence-electron chi connectivity index (χ3n) is 15.1. The molecule has 0 radical (unpaired) electrons. The van der Waals surface area contributed by atoms with Crippen LogP contribution in [0.5, 0.6) is 0 Å². The van der Waals surface area contributed by atoms with Crippen molar-refractivity contribution in [2.45, 2.75) is 348 Å². The molecule has 6 nitrogen and oxygen atoms in total. The Balaban J connectivity index is 4.31. The predicted molar refractivity (Wildman–Crippen MR) is 353 cm³/mol. The summed E-state index contributed by atoms with van der Waals surface area (Å²) in [6.07, 6.45) is 93.0. The molecule has 6 heteroatoms. The van der Waals surface area contributed by atoms with Crippen LogP contribution in [-0.2, 0) is 28.6 Å². The van der Waals surface area contributed by atoms with Crippen molar-refractivity contribution >= 4 is 17.9 Å². The van der Waals surface area contributed by atoms with Crippen LogP contribution in [0.3, 0.4) is 0 Å². The van der Waals surface area contributed by atoms with Crippen molar-refractivity contribution in [1.29, 1.82) is 0 Å². The monoisotopic (exact) mass is 1130 g/mol. The summed E-state index contributed by atoms with van der Waals surface area (Å²) in [4.78, 5) is 38.3. The molecule has 0 bridgehead atoms. The lowest BCUT2D eigenvalue weighted by Gasteiger charge is -2.18. The predicted octanol–water partition coefficient (Wildman–Crippen LogP) is 24.0. The van der Waals surface area contributed by atoms with Crippen LogP contribution in [0, 0.1) is 0 Å². The molecular weight excluding hydrogens is 997 g/mol. The Hall–Kier alpha value is -3.67. The van der Waals surface area contributed by atoms with Crippen LogP contribution in [-0.4, -0.2) is 37.2 Å². The number of carbonyl (C=O) groups is 3. The van der Waals surface area contributed by atoms with Gasteiger partial charge in [-0.2, -0.15) is 0 Å². The van der Waals surface area contributed by atoms with Gasteiger partial charge in [0.25, 0.3) is 0 Å². The molecule has 0 spiro atoms. The van der Waals surface area contributed by atoms with E-state index in [2.05, 4.69) is 118 Å². The van der Waals surface area contributed by atoms with Crippen LogP contribution in [0.25, 0.3) is 0 Å². The highest BCUT2D eigenvalue weighted by Crippen LogP contribution is 2.18. The topological polar surface area (TPSA) is 78.9 Å². The molecule has 0 aromatic carbocycles. The third-order valence-corrected chi connectivity index (χ3v) is 15.1. The van der Waals surface area contributed by atoms with Gasteiger partial charge < -0.3 is 14.2 Å². The molecule has 0 N–H and O–H groups in total. The van der Waals surface area contributed by atoms with Crippen LogP contribution in [0.2, 0.25) is 0 Å². The molecule has 81 heavy (non-hydrogen) atoms. The van der Waals surface area contributed by atoms with Crippen LogP contribution in [0.15, 0.2) is 97.2 Å². The van der Waals surface area contributed by atoms with Gasteiger partial charge in [-0.1, -0.05) is 336 Å². The minimum Gasteiger partial charge on any atom is -0.462 e. The van der Waals surface area contributed by atoms with Gasteiger partial charge in [0.05, 0.1) is 0 Å². The maximum Gasteiger partial charge on any atom is 0.306 e. The van der Waals surface area contributed by atoms with Crippen molar-refractivity contribution in [3.8, 4) is 0 Å². The van der Waals surface area contributed by atoms with Crippen molar-refractivity contribution in [3.05, 3.63) is 97.2 Å². The summed E-state index contributed by atoms with van der Waals surface area (Å²) in [5, 5.41) is 0. The first-order valence-electron chi connectivity index (χ1n) is 34.7. The summed E-state index contributed by atoms with van der Waals surface area (Å²) >= 11 is 0. The molecule has 0 saturated carbocycles. The molecule has 0 aliphatic rings. The van der Waals surface area contributed by atoms with E-state index in [-0.39, 0.29) is 31.1 Å². The highest BCUT2D eigenvalue weighted by atomic mass is 16.6. The van der Waals surface area contributed by atoms with Crippen LogP contribution in [0.1, 0.15) is 342 Å². The average Bonchev–Trinajstić information content (AvgIpc) is 3.47. The molecule has 0 rings (SSSR count). The van der Waals surface area contributed by atoms with Gasteiger partial charge in [-0.15, -0.1) is 0 Å². The smallest absolute Gasteiger partial charge is 0.306 e. The number of ether oxygens (including phenoxy) is 3. The second kappa shape index (κ2) is 68.8. The molecule has 0 saturated heterocycles. The van der Waals surface area contributed by atoms with Crippen molar-refractivity contribution in [2.24, 2.45) is 0 Å². The molecule has 466 valence electrons. The average molecular weight is 1130 g/mol. The van der Waals surface area contributed by atoms with E-state index in [0.29, 0.717) is 19.3 Å². The van der Waals surface area contributed by atoms with Crippen molar-refractivity contribution in [3.63, 3.8) is 0 Å². The van der Waals surface area contributed by atoms with E-state index in [9.17, 15) is 14.4 Å². The molecule has 0 heterocycles. The molecule has 0 aliphatic carbocycles. The van der Waals surface area contributed by atoms with Crippen LogP contribution >= 0.6 is 0 Å². The maximum atomic E-state index is 12.9. The Kier molecular flexibility index (Phi) is 65.7. The standard InChI is InChI=1S/C75H130O6/c1-4-7-10-13-16-19-22-24-26-28-30-32-34-36-37-39-40-42-44-46-48-50-53-56-59-62-65-68-74(77)80-71-72(70-79-73(76)67-64-61-58-55-52-21-18-15-12-9-6-3)81-75(78)69-66-63-60-57-54-51-49-47-45-43-41-38-35-33-31-29-27-25-23-20-17-14-11-8-5-2/h7,10,16,19,24,26,30,32,36-37,40,42,46,48,53,56,72H,4-6,8-9,11-15,17-18,20-23,25,27-29,31,33-35,38-39,41,43-45,47,49-52,54-55,57-71H2,1-3H3/b10-7-,19-16-,26-24-,32-30-,37-36-,42-40-,48-46-,56-53-. The Bertz CT molecular complexity index is 1580. The van der Waals surface area contributed by atoms with Crippen molar-refractivity contribution in [2.75, 3.05) is 13.2 Å². The van der Waals surface area contributed by atoms with E-state index in [1.165, 1.54) is 193 Å². The lowest BCUT2D eigenvalue weighted by atomic mass is 10.0. The molecule has 0 amide bonds. The lowest BCUT2D eigenvalue weighted by Crippen LogP contribution is -2.30.